The van der Waals surface area contributed by atoms with Crippen LogP contribution in [0.25, 0.3) is 0 Å². The molecule has 4 heteroatoms. The van der Waals surface area contributed by atoms with Gasteiger partial charge in [-0.3, -0.25) is 4.90 Å². The highest BCUT2D eigenvalue weighted by molar-refractivity contribution is 5.72. The molecule has 4 nitrogen and oxygen atoms in total. The first-order valence-electron chi connectivity index (χ1n) is 4.81. The lowest BCUT2D eigenvalue weighted by molar-refractivity contribution is -0.0387. The van der Waals surface area contributed by atoms with Crippen molar-refractivity contribution in [2.75, 3.05) is 6.61 Å². The average molecular weight is 197 g/mol. The summed E-state index contributed by atoms with van der Waals surface area (Å²) in [6, 6.07) is 0.0514. The van der Waals surface area contributed by atoms with E-state index in [9.17, 15) is 4.79 Å². The Balaban J connectivity index is 2.20. The lowest BCUT2D eigenvalue weighted by Crippen LogP contribution is -2.43. The number of rotatable bonds is 2. The Morgan fingerprint density at radius 2 is 2.43 bits per heavy atom. The maximum absolute atomic E-state index is 11.5. The van der Waals surface area contributed by atoms with Gasteiger partial charge in [-0.2, -0.15) is 0 Å². The van der Waals surface area contributed by atoms with Crippen LogP contribution in [0.3, 0.4) is 0 Å². The molecule has 0 saturated carbocycles. The van der Waals surface area contributed by atoms with Crippen LogP contribution in [0.5, 0.6) is 0 Å². The van der Waals surface area contributed by atoms with Gasteiger partial charge in [-0.05, 0) is 13.8 Å². The maximum atomic E-state index is 11.5. The van der Waals surface area contributed by atoms with Crippen molar-refractivity contribution in [3.05, 3.63) is 12.7 Å². The molecule has 78 valence electrons. The van der Waals surface area contributed by atoms with Gasteiger partial charge in [0.15, 0.2) is 0 Å². The average Bonchev–Trinajstić information content (AvgIpc) is 2.55. The molecule has 0 bridgehead atoms. The lowest BCUT2D eigenvalue weighted by Gasteiger charge is -2.26. The fourth-order valence-corrected chi connectivity index (χ4v) is 2.10. The molecule has 0 aromatic carbocycles. The molecule has 2 fully saturated rings. The van der Waals surface area contributed by atoms with E-state index in [1.54, 1.807) is 11.0 Å². The Morgan fingerprint density at radius 3 is 3.07 bits per heavy atom. The van der Waals surface area contributed by atoms with E-state index < -0.39 is 5.72 Å². The van der Waals surface area contributed by atoms with Gasteiger partial charge in [0.05, 0.1) is 12.6 Å². The van der Waals surface area contributed by atoms with Gasteiger partial charge < -0.3 is 9.47 Å². The summed E-state index contributed by atoms with van der Waals surface area (Å²) in [4.78, 5) is 13.2. The molecule has 2 rings (SSSR count). The first kappa shape index (κ1) is 9.52. The normalized spacial score (nSPS) is 34.1. The first-order chi connectivity index (χ1) is 6.56. The third kappa shape index (κ3) is 1.21. The molecule has 0 aromatic rings. The second-order valence-corrected chi connectivity index (χ2v) is 4.14. The van der Waals surface area contributed by atoms with E-state index in [-0.39, 0.29) is 18.2 Å². The van der Waals surface area contributed by atoms with Gasteiger partial charge in [0, 0.05) is 6.42 Å². The van der Waals surface area contributed by atoms with Crippen LogP contribution in [-0.4, -0.2) is 35.5 Å². The lowest BCUT2D eigenvalue weighted by atomic mass is 10.1. The van der Waals surface area contributed by atoms with Gasteiger partial charge in [-0.15, -0.1) is 6.58 Å². The minimum Gasteiger partial charge on any atom is -0.443 e. The van der Waals surface area contributed by atoms with Crippen LogP contribution in [0, 0.1) is 0 Å². The SMILES string of the molecule is C=CC[C@@H]1OC(=O)N2[C@@H]1COC2(C)C. The summed E-state index contributed by atoms with van der Waals surface area (Å²) in [5.41, 5.74) is -0.530. The molecule has 2 aliphatic rings. The first-order valence-corrected chi connectivity index (χ1v) is 4.81. The highest BCUT2D eigenvalue weighted by Crippen LogP contribution is 2.36. The summed E-state index contributed by atoms with van der Waals surface area (Å²) in [5, 5.41) is 0. The van der Waals surface area contributed by atoms with Crippen LogP contribution in [0.1, 0.15) is 20.3 Å². The van der Waals surface area contributed by atoms with Crippen molar-refractivity contribution in [2.45, 2.75) is 38.1 Å². The molecule has 2 atom stereocenters. The van der Waals surface area contributed by atoms with Crippen LogP contribution in [0.15, 0.2) is 12.7 Å². The third-order valence-electron chi connectivity index (χ3n) is 2.80. The van der Waals surface area contributed by atoms with E-state index in [0.717, 1.165) is 0 Å². The number of hydrogen-bond acceptors (Lipinski definition) is 3. The molecule has 0 N–H and O–H groups in total. The third-order valence-corrected chi connectivity index (χ3v) is 2.80. The molecule has 14 heavy (non-hydrogen) atoms. The highest BCUT2D eigenvalue weighted by Gasteiger charge is 2.53. The van der Waals surface area contributed by atoms with E-state index in [4.69, 9.17) is 9.47 Å². The summed E-state index contributed by atoms with van der Waals surface area (Å²) >= 11 is 0. The van der Waals surface area contributed by atoms with Gasteiger partial charge in [-0.25, -0.2) is 4.79 Å². The quantitative estimate of drug-likeness (QED) is 0.630. The fraction of sp³-hybridized carbons (Fsp3) is 0.700. The zero-order valence-electron chi connectivity index (χ0n) is 8.53. The largest absolute Gasteiger partial charge is 0.443 e. The molecular weight excluding hydrogens is 182 g/mol. The highest BCUT2D eigenvalue weighted by atomic mass is 16.6. The molecule has 2 heterocycles. The molecule has 2 aliphatic heterocycles. The van der Waals surface area contributed by atoms with Crippen LogP contribution < -0.4 is 0 Å². The van der Waals surface area contributed by atoms with Crippen molar-refractivity contribution >= 4 is 6.09 Å². The zero-order chi connectivity index (χ0) is 10.3. The summed E-state index contributed by atoms with van der Waals surface area (Å²) in [6.07, 6.45) is 2.09. The van der Waals surface area contributed by atoms with Gasteiger partial charge in [0.2, 0.25) is 0 Å². The Kier molecular flexibility index (Phi) is 2.03. The topological polar surface area (TPSA) is 38.8 Å². The van der Waals surface area contributed by atoms with E-state index >= 15 is 0 Å². The summed E-state index contributed by atoms with van der Waals surface area (Å²) in [7, 11) is 0. The minimum atomic E-state index is -0.530. The zero-order valence-corrected chi connectivity index (χ0v) is 8.53. The fourth-order valence-electron chi connectivity index (χ4n) is 2.10. The molecule has 0 unspecified atom stereocenters. The van der Waals surface area contributed by atoms with E-state index in [1.165, 1.54) is 0 Å². The number of nitrogens with zero attached hydrogens (tertiary/aromatic N) is 1. The number of carbonyl (C=O) groups is 1. The molecule has 0 spiro atoms. The molecular formula is C10H15NO3. The van der Waals surface area contributed by atoms with Gasteiger partial charge in [0.1, 0.15) is 11.8 Å². The number of amides is 1. The van der Waals surface area contributed by atoms with Crippen molar-refractivity contribution in [3.8, 4) is 0 Å². The van der Waals surface area contributed by atoms with Crippen LogP contribution >= 0.6 is 0 Å². The number of hydrogen-bond donors (Lipinski definition) is 0. The monoisotopic (exact) mass is 197 g/mol. The van der Waals surface area contributed by atoms with Crippen molar-refractivity contribution in [3.63, 3.8) is 0 Å². The van der Waals surface area contributed by atoms with Gasteiger partial charge in [-0.1, -0.05) is 6.08 Å². The minimum absolute atomic E-state index is 0.0514. The van der Waals surface area contributed by atoms with Crippen LogP contribution in [-0.2, 0) is 9.47 Å². The van der Waals surface area contributed by atoms with E-state index in [2.05, 4.69) is 6.58 Å². The Hall–Kier alpha value is -1.03. The van der Waals surface area contributed by atoms with Crippen molar-refractivity contribution in [1.82, 2.24) is 4.90 Å². The second-order valence-electron chi connectivity index (χ2n) is 4.14. The van der Waals surface area contributed by atoms with E-state index in [0.29, 0.717) is 13.0 Å². The van der Waals surface area contributed by atoms with Crippen molar-refractivity contribution in [2.24, 2.45) is 0 Å². The molecule has 0 radical (unpaired) electrons. The standard InChI is InChI=1S/C10H15NO3/c1-4-5-8-7-6-13-10(2,3)11(7)9(12)14-8/h4,7-8H,1,5-6H2,2-3H3/t7-,8+/m1/s1. The van der Waals surface area contributed by atoms with Crippen molar-refractivity contribution in [1.29, 1.82) is 0 Å². The molecule has 1 amide bonds. The summed E-state index contributed by atoms with van der Waals surface area (Å²) in [6.45, 7) is 7.96. The number of fused-ring (bicyclic) bond motifs is 1. The number of cyclic esters (lactones) is 1. The summed E-state index contributed by atoms with van der Waals surface area (Å²) < 4.78 is 10.8. The summed E-state index contributed by atoms with van der Waals surface area (Å²) in [5.74, 6) is 0. The maximum Gasteiger partial charge on any atom is 0.412 e. The van der Waals surface area contributed by atoms with Crippen molar-refractivity contribution < 1.29 is 14.3 Å². The Labute approximate surface area is 83.5 Å². The van der Waals surface area contributed by atoms with Gasteiger partial charge >= 0.3 is 6.09 Å². The van der Waals surface area contributed by atoms with E-state index in [1.807, 2.05) is 13.8 Å². The molecule has 0 aliphatic carbocycles. The molecule has 0 aromatic heterocycles. The predicted molar refractivity (Wildman–Crippen MR) is 50.7 cm³/mol. The smallest absolute Gasteiger partial charge is 0.412 e. The van der Waals surface area contributed by atoms with Gasteiger partial charge in [0.25, 0.3) is 0 Å². The Bertz CT molecular complexity index is 275. The van der Waals surface area contributed by atoms with Crippen LogP contribution in [0.2, 0.25) is 0 Å². The second kappa shape index (κ2) is 2.98. The number of ether oxygens (including phenoxy) is 2. The Morgan fingerprint density at radius 1 is 1.71 bits per heavy atom. The molecule has 2 saturated heterocycles. The van der Waals surface area contributed by atoms with Crippen LogP contribution in [0.4, 0.5) is 4.79 Å². The predicted octanol–water partition coefficient (Wildman–Crippen LogP) is 1.52. The number of carbonyl (C=O) groups excluding carboxylic acids is 1.